The molecule has 0 bridgehead atoms. The minimum atomic E-state index is -0.834. The fourth-order valence-electron chi connectivity index (χ4n) is 3.66. The molecule has 122 valence electrons. The quantitative estimate of drug-likeness (QED) is 0.889. The van der Waals surface area contributed by atoms with Gasteiger partial charge in [0.2, 0.25) is 0 Å². The van der Waals surface area contributed by atoms with Crippen molar-refractivity contribution in [3.63, 3.8) is 0 Å². The molecule has 1 aliphatic carbocycles. The maximum absolute atomic E-state index is 12.1. The zero-order valence-electron chi connectivity index (χ0n) is 13.9. The summed E-state index contributed by atoms with van der Waals surface area (Å²) in [6, 6.07) is 3.76. The molecule has 0 radical (unpaired) electrons. The van der Waals surface area contributed by atoms with Gasteiger partial charge in [-0.05, 0) is 24.8 Å². The summed E-state index contributed by atoms with van der Waals surface area (Å²) in [5.74, 6) is 0.884. The lowest BCUT2D eigenvalue weighted by atomic mass is 9.68. The molecule has 0 aliphatic heterocycles. The molecule has 0 unspecified atom stereocenters. The van der Waals surface area contributed by atoms with Gasteiger partial charge in [-0.1, -0.05) is 39.2 Å². The molecule has 0 amide bonds. The molecule has 22 heavy (non-hydrogen) atoms. The number of carboxylic acids is 1. The SMILES string of the molecule is COc1ccc(C2(C(=O)O)CCCCC2)c(OC)c1C(C)C. The first-order valence-corrected chi connectivity index (χ1v) is 7.96. The molecule has 0 spiro atoms. The molecule has 1 aliphatic rings. The molecule has 0 atom stereocenters. The van der Waals surface area contributed by atoms with Crippen molar-refractivity contribution in [3.8, 4) is 11.5 Å². The standard InChI is InChI=1S/C18H26O4/c1-12(2)15-14(21-3)9-8-13(16(15)22-4)18(17(19)20)10-6-5-7-11-18/h8-9,12H,5-7,10-11H2,1-4H3,(H,19,20). The van der Waals surface area contributed by atoms with Crippen molar-refractivity contribution in [1.29, 1.82) is 0 Å². The van der Waals surface area contributed by atoms with Gasteiger partial charge in [0, 0.05) is 11.1 Å². The van der Waals surface area contributed by atoms with E-state index in [9.17, 15) is 9.90 Å². The maximum atomic E-state index is 12.1. The zero-order chi connectivity index (χ0) is 16.3. The van der Waals surface area contributed by atoms with Gasteiger partial charge in [0.25, 0.3) is 0 Å². The summed E-state index contributed by atoms with van der Waals surface area (Å²) in [4.78, 5) is 12.1. The van der Waals surface area contributed by atoms with Crippen LogP contribution in [0.15, 0.2) is 12.1 Å². The molecule has 1 saturated carbocycles. The van der Waals surface area contributed by atoms with E-state index >= 15 is 0 Å². The number of methoxy groups -OCH3 is 2. The third-order valence-electron chi connectivity index (χ3n) is 4.79. The van der Waals surface area contributed by atoms with Crippen LogP contribution in [0, 0.1) is 0 Å². The predicted molar refractivity (Wildman–Crippen MR) is 86.0 cm³/mol. The first-order valence-electron chi connectivity index (χ1n) is 7.96. The lowest BCUT2D eigenvalue weighted by molar-refractivity contribution is -0.145. The average molecular weight is 306 g/mol. The molecular formula is C18H26O4. The second kappa shape index (κ2) is 6.59. The van der Waals surface area contributed by atoms with E-state index in [1.807, 2.05) is 12.1 Å². The molecule has 1 aromatic rings. The summed E-state index contributed by atoms with van der Waals surface area (Å²) in [7, 11) is 3.25. The van der Waals surface area contributed by atoms with Gasteiger partial charge in [-0.3, -0.25) is 4.79 Å². The molecule has 1 fully saturated rings. The number of aliphatic carboxylic acids is 1. The first-order chi connectivity index (χ1) is 10.5. The second-order valence-electron chi connectivity index (χ2n) is 6.36. The topological polar surface area (TPSA) is 55.8 Å². The fraction of sp³-hybridized carbons (Fsp3) is 0.611. The number of benzene rings is 1. The molecule has 4 nitrogen and oxygen atoms in total. The summed E-state index contributed by atoms with van der Waals surface area (Å²) in [6.07, 6.45) is 4.33. The highest BCUT2D eigenvalue weighted by molar-refractivity contribution is 5.83. The van der Waals surface area contributed by atoms with Gasteiger partial charge in [0.1, 0.15) is 11.5 Å². The highest BCUT2D eigenvalue weighted by atomic mass is 16.5. The number of hydrogen-bond donors (Lipinski definition) is 1. The van der Waals surface area contributed by atoms with Crippen LogP contribution in [0.3, 0.4) is 0 Å². The zero-order valence-corrected chi connectivity index (χ0v) is 13.9. The van der Waals surface area contributed by atoms with E-state index in [0.29, 0.717) is 18.6 Å². The number of rotatable bonds is 5. The van der Waals surface area contributed by atoms with Gasteiger partial charge in [-0.25, -0.2) is 0 Å². The molecule has 4 heteroatoms. The van der Waals surface area contributed by atoms with Gasteiger partial charge < -0.3 is 14.6 Å². The van der Waals surface area contributed by atoms with Crippen molar-refractivity contribution in [3.05, 3.63) is 23.3 Å². The van der Waals surface area contributed by atoms with Crippen molar-refractivity contribution in [2.45, 2.75) is 57.3 Å². The maximum Gasteiger partial charge on any atom is 0.314 e. The summed E-state index contributed by atoms with van der Waals surface area (Å²) in [6.45, 7) is 4.14. The monoisotopic (exact) mass is 306 g/mol. The Morgan fingerprint density at radius 3 is 2.23 bits per heavy atom. The minimum Gasteiger partial charge on any atom is -0.496 e. The average Bonchev–Trinajstić information content (AvgIpc) is 2.53. The summed E-state index contributed by atoms with van der Waals surface area (Å²) in [5, 5.41) is 9.93. The third-order valence-corrected chi connectivity index (χ3v) is 4.79. The van der Waals surface area contributed by atoms with Crippen LogP contribution < -0.4 is 9.47 Å². The molecular weight excluding hydrogens is 280 g/mol. The summed E-state index contributed by atoms with van der Waals surface area (Å²) >= 11 is 0. The Hall–Kier alpha value is -1.71. The lowest BCUT2D eigenvalue weighted by Gasteiger charge is -2.35. The fourth-order valence-corrected chi connectivity index (χ4v) is 3.66. The Kier molecular flexibility index (Phi) is 4.99. The molecule has 0 aromatic heterocycles. The van der Waals surface area contributed by atoms with Crippen LogP contribution >= 0.6 is 0 Å². The lowest BCUT2D eigenvalue weighted by Crippen LogP contribution is -2.38. The van der Waals surface area contributed by atoms with Crippen molar-refractivity contribution in [1.82, 2.24) is 0 Å². The Morgan fingerprint density at radius 1 is 1.14 bits per heavy atom. The largest absolute Gasteiger partial charge is 0.496 e. The van der Waals surface area contributed by atoms with Crippen LogP contribution in [0.1, 0.15) is 63.0 Å². The van der Waals surface area contributed by atoms with E-state index in [-0.39, 0.29) is 5.92 Å². The second-order valence-corrected chi connectivity index (χ2v) is 6.36. The van der Waals surface area contributed by atoms with E-state index in [1.165, 1.54) is 0 Å². The number of hydrogen-bond acceptors (Lipinski definition) is 3. The van der Waals surface area contributed by atoms with Crippen LogP contribution in [-0.2, 0) is 10.2 Å². The highest BCUT2D eigenvalue weighted by Gasteiger charge is 2.44. The minimum absolute atomic E-state index is 0.194. The van der Waals surface area contributed by atoms with E-state index in [4.69, 9.17) is 9.47 Å². The molecule has 0 saturated heterocycles. The molecule has 0 heterocycles. The normalized spacial score (nSPS) is 17.3. The van der Waals surface area contributed by atoms with Gasteiger partial charge in [0.15, 0.2) is 0 Å². The highest BCUT2D eigenvalue weighted by Crippen LogP contribution is 2.48. The number of ether oxygens (including phenoxy) is 2. The summed E-state index contributed by atoms with van der Waals surface area (Å²) < 4.78 is 11.1. The van der Waals surface area contributed by atoms with Crippen LogP contribution in [0.2, 0.25) is 0 Å². The van der Waals surface area contributed by atoms with Crippen molar-refractivity contribution in [2.24, 2.45) is 0 Å². The van der Waals surface area contributed by atoms with Crippen LogP contribution in [-0.4, -0.2) is 25.3 Å². The predicted octanol–water partition coefficient (Wildman–Crippen LogP) is 4.11. The number of carbonyl (C=O) groups is 1. The van der Waals surface area contributed by atoms with E-state index in [0.717, 1.165) is 36.1 Å². The molecule has 2 rings (SSSR count). The van der Waals surface area contributed by atoms with Crippen molar-refractivity contribution >= 4 is 5.97 Å². The summed E-state index contributed by atoms with van der Waals surface area (Å²) in [5.41, 5.74) is 0.917. The van der Waals surface area contributed by atoms with E-state index in [2.05, 4.69) is 13.8 Å². The van der Waals surface area contributed by atoms with Crippen LogP contribution in [0.25, 0.3) is 0 Å². The Balaban J connectivity index is 2.68. The van der Waals surface area contributed by atoms with E-state index < -0.39 is 11.4 Å². The Morgan fingerprint density at radius 2 is 1.77 bits per heavy atom. The van der Waals surface area contributed by atoms with Gasteiger partial charge in [0.05, 0.1) is 19.6 Å². The first kappa shape index (κ1) is 16.7. The van der Waals surface area contributed by atoms with Crippen LogP contribution in [0.5, 0.6) is 11.5 Å². The van der Waals surface area contributed by atoms with Crippen LogP contribution in [0.4, 0.5) is 0 Å². The van der Waals surface area contributed by atoms with Crippen molar-refractivity contribution < 1.29 is 19.4 Å². The van der Waals surface area contributed by atoms with E-state index in [1.54, 1.807) is 14.2 Å². The smallest absolute Gasteiger partial charge is 0.314 e. The molecule has 1 N–H and O–H groups in total. The van der Waals surface area contributed by atoms with Gasteiger partial charge in [-0.2, -0.15) is 0 Å². The Bertz CT molecular complexity index is 542. The number of carboxylic acid groups (broad SMARTS) is 1. The third kappa shape index (κ3) is 2.67. The van der Waals surface area contributed by atoms with Gasteiger partial charge in [-0.15, -0.1) is 0 Å². The molecule has 1 aromatic carbocycles. The van der Waals surface area contributed by atoms with Crippen molar-refractivity contribution in [2.75, 3.05) is 14.2 Å². The van der Waals surface area contributed by atoms with Gasteiger partial charge >= 0.3 is 5.97 Å². The Labute approximate surface area is 132 Å².